The van der Waals surface area contributed by atoms with Crippen molar-refractivity contribution in [2.45, 2.75) is 6.92 Å². The maximum Gasteiger partial charge on any atom is 0.258 e. The van der Waals surface area contributed by atoms with Crippen LogP contribution in [0.5, 0.6) is 0 Å². The number of carbonyl (C=O) groups is 2. The lowest BCUT2D eigenvalue weighted by molar-refractivity contribution is 0.0798. The highest BCUT2D eigenvalue weighted by atomic mass is 19.1. The van der Waals surface area contributed by atoms with Crippen molar-refractivity contribution in [2.24, 2.45) is 0 Å². The number of nitrogens with zero attached hydrogens (tertiary/aromatic N) is 1. The molecule has 0 heterocycles. The van der Waals surface area contributed by atoms with Gasteiger partial charge in [0.05, 0.1) is 16.8 Å². The molecule has 2 N–H and O–H groups in total. The van der Waals surface area contributed by atoms with E-state index < -0.39 is 11.7 Å². The van der Waals surface area contributed by atoms with Gasteiger partial charge in [0.15, 0.2) is 0 Å². The zero-order chi connectivity index (χ0) is 18.4. The minimum absolute atomic E-state index is 0.0623. The van der Waals surface area contributed by atoms with E-state index >= 15 is 0 Å². The first-order chi connectivity index (χ1) is 12.0. The summed E-state index contributed by atoms with van der Waals surface area (Å²) in [4.78, 5) is 26.7. The summed E-state index contributed by atoms with van der Waals surface area (Å²) < 4.78 is 13.8. The van der Waals surface area contributed by atoms with Crippen LogP contribution in [-0.4, -0.2) is 43.9 Å². The fraction of sp³-hybridized carbons (Fsp3) is 0.263. The lowest BCUT2D eigenvalue weighted by Gasteiger charge is -2.20. The maximum atomic E-state index is 13.8. The molecule has 0 aliphatic rings. The topological polar surface area (TPSA) is 61.4 Å². The van der Waals surface area contributed by atoms with Crippen molar-refractivity contribution < 1.29 is 14.0 Å². The van der Waals surface area contributed by atoms with Crippen molar-refractivity contribution >= 4 is 17.5 Å². The molecule has 132 valence electrons. The number of carbonyl (C=O) groups excluding carboxylic acids is 2. The summed E-state index contributed by atoms with van der Waals surface area (Å²) in [5, 5.41) is 5.67. The molecule has 6 heteroatoms. The Morgan fingerprint density at radius 1 is 1.08 bits per heavy atom. The van der Waals surface area contributed by atoms with Gasteiger partial charge in [-0.25, -0.2) is 4.39 Å². The van der Waals surface area contributed by atoms with Crippen molar-refractivity contribution in [1.29, 1.82) is 0 Å². The minimum Gasteiger partial charge on any atom is -0.340 e. The second kappa shape index (κ2) is 8.39. The van der Waals surface area contributed by atoms with Crippen LogP contribution in [0.1, 0.15) is 26.3 Å². The largest absolute Gasteiger partial charge is 0.340 e. The quantitative estimate of drug-likeness (QED) is 0.848. The zero-order valence-corrected chi connectivity index (χ0v) is 14.6. The summed E-state index contributed by atoms with van der Waals surface area (Å²) in [6, 6.07) is 10.9. The van der Waals surface area contributed by atoms with Crippen LogP contribution in [0.15, 0.2) is 42.5 Å². The van der Waals surface area contributed by atoms with Crippen LogP contribution >= 0.6 is 0 Å². The van der Waals surface area contributed by atoms with Gasteiger partial charge in [0.25, 0.3) is 11.8 Å². The predicted molar refractivity (Wildman–Crippen MR) is 96.4 cm³/mol. The molecule has 2 rings (SSSR count). The number of anilines is 1. The molecule has 0 saturated carbocycles. The molecule has 0 fully saturated rings. The molecule has 0 unspecified atom stereocenters. The van der Waals surface area contributed by atoms with Crippen molar-refractivity contribution in [3.63, 3.8) is 0 Å². The third-order valence-electron chi connectivity index (χ3n) is 3.90. The van der Waals surface area contributed by atoms with Crippen LogP contribution in [-0.2, 0) is 0 Å². The second-order valence-corrected chi connectivity index (χ2v) is 5.76. The van der Waals surface area contributed by atoms with Gasteiger partial charge in [-0.1, -0.05) is 24.3 Å². The van der Waals surface area contributed by atoms with Crippen LogP contribution in [0.3, 0.4) is 0 Å². The Hall–Kier alpha value is -2.73. The Morgan fingerprint density at radius 2 is 1.76 bits per heavy atom. The fourth-order valence-electron chi connectivity index (χ4n) is 2.42. The number of aryl methyl sites for hydroxylation is 1. The lowest BCUT2D eigenvalue weighted by atomic mass is 10.1. The molecule has 0 aliphatic heterocycles. The summed E-state index contributed by atoms with van der Waals surface area (Å²) in [7, 11) is 3.51. The minimum atomic E-state index is -0.604. The summed E-state index contributed by atoms with van der Waals surface area (Å²) in [5.74, 6) is -1.39. The van der Waals surface area contributed by atoms with Gasteiger partial charge in [-0.15, -0.1) is 0 Å². The molecule has 0 aromatic heterocycles. The number of para-hydroxylation sites is 1. The molecule has 0 spiro atoms. The summed E-state index contributed by atoms with van der Waals surface area (Å²) in [5.41, 5.74) is 1.45. The van der Waals surface area contributed by atoms with E-state index in [2.05, 4.69) is 10.6 Å². The number of hydrogen-bond donors (Lipinski definition) is 2. The van der Waals surface area contributed by atoms with E-state index in [0.29, 0.717) is 24.3 Å². The lowest BCUT2D eigenvalue weighted by Crippen LogP contribution is -2.33. The van der Waals surface area contributed by atoms with E-state index in [4.69, 9.17) is 0 Å². The van der Waals surface area contributed by atoms with E-state index in [-0.39, 0.29) is 11.5 Å². The van der Waals surface area contributed by atoms with Gasteiger partial charge < -0.3 is 15.5 Å². The van der Waals surface area contributed by atoms with Crippen LogP contribution in [0.2, 0.25) is 0 Å². The van der Waals surface area contributed by atoms with Crippen LogP contribution < -0.4 is 10.6 Å². The van der Waals surface area contributed by atoms with E-state index in [9.17, 15) is 14.0 Å². The number of halogens is 1. The summed E-state index contributed by atoms with van der Waals surface area (Å²) in [6.07, 6.45) is 0. The highest BCUT2D eigenvalue weighted by molar-refractivity contribution is 6.09. The standard InChI is InChI=1S/C19H22FN3O2/c1-13-7-6-9-15(19(25)23(3)12-11-21-2)17(13)22-18(24)14-8-4-5-10-16(14)20/h4-10,21H,11-12H2,1-3H3,(H,22,24). The van der Waals surface area contributed by atoms with Gasteiger partial charge in [0.1, 0.15) is 5.82 Å². The van der Waals surface area contributed by atoms with Gasteiger partial charge in [-0.05, 0) is 37.7 Å². The average Bonchev–Trinajstić information content (AvgIpc) is 2.61. The Morgan fingerprint density at radius 3 is 2.44 bits per heavy atom. The third kappa shape index (κ3) is 4.42. The molecule has 5 nitrogen and oxygen atoms in total. The second-order valence-electron chi connectivity index (χ2n) is 5.76. The monoisotopic (exact) mass is 343 g/mol. The molecular weight excluding hydrogens is 321 g/mol. The number of rotatable bonds is 6. The maximum absolute atomic E-state index is 13.8. The van der Waals surface area contributed by atoms with Crippen molar-refractivity contribution in [2.75, 3.05) is 32.5 Å². The fourth-order valence-corrected chi connectivity index (χ4v) is 2.42. The molecule has 2 aromatic rings. The van der Waals surface area contributed by atoms with Crippen molar-refractivity contribution in [3.8, 4) is 0 Å². The summed E-state index contributed by atoms with van der Waals surface area (Å²) >= 11 is 0. The van der Waals surface area contributed by atoms with Crippen LogP contribution in [0.25, 0.3) is 0 Å². The van der Waals surface area contributed by atoms with E-state index in [1.165, 1.54) is 18.2 Å². The molecule has 0 aliphatic carbocycles. The third-order valence-corrected chi connectivity index (χ3v) is 3.90. The molecular formula is C19H22FN3O2. The highest BCUT2D eigenvalue weighted by Gasteiger charge is 2.20. The van der Waals surface area contributed by atoms with Gasteiger partial charge >= 0.3 is 0 Å². The highest BCUT2D eigenvalue weighted by Crippen LogP contribution is 2.23. The van der Waals surface area contributed by atoms with E-state index in [1.54, 1.807) is 43.1 Å². The van der Waals surface area contributed by atoms with E-state index in [1.807, 2.05) is 7.05 Å². The Labute approximate surface area is 146 Å². The van der Waals surface area contributed by atoms with Crippen LogP contribution in [0, 0.1) is 12.7 Å². The average molecular weight is 343 g/mol. The first-order valence-electron chi connectivity index (χ1n) is 8.01. The molecule has 2 aromatic carbocycles. The Kier molecular flexibility index (Phi) is 6.25. The number of amides is 2. The number of likely N-dealkylation sites (N-methyl/N-ethyl adjacent to an activating group) is 2. The van der Waals surface area contributed by atoms with Crippen LogP contribution in [0.4, 0.5) is 10.1 Å². The molecule has 25 heavy (non-hydrogen) atoms. The summed E-state index contributed by atoms with van der Waals surface area (Å²) in [6.45, 7) is 2.98. The van der Waals surface area contributed by atoms with E-state index in [0.717, 1.165) is 5.56 Å². The number of nitrogens with one attached hydrogen (secondary N) is 2. The zero-order valence-electron chi connectivity index (χ0n) is 14.6. The predicted octanol–water partition coefficient (Wildman–Crippen LogP) is 2.68. The molecule has 2 amide bonds. The Balaban J connectivity index is 2.30. The van der Waals surface area contributed by atoms with Crippen molar-refractivity contribution in [1.82, 2.24) is 10.2 Å². The van der Waals surface area contributed by atoms with Gasteiger partial charge in [0.2, 0.25) is 0 Å². The number of hydrogen-bond acceptors (Lipinski definition) is 3. The first kappa shape index (κ1) is 18.6. The SMILES string of the molecule is CNCCN(C)C(=O)c1cccc(C)c1NC(=O)c1ccccc1F. The number of benzene rings is 2. The first-order valence-corrected chi connectivity index (χ1v) is 8.01. The van der Waals surface area contributed by atoms with Gasteiger partial charge in [-0.2, -0.15) is 0 Å². The smallest absolute Gasteiger partial charge is 0.258 e. The molecule has 0 bridgehead atoms. The molecule has 0 saturated heterocycles. The van der Waals surface area contributed by atoms with Crippen molar-refractivity contribution in [3.05, 3.63) is 65.0 Å². The Bertz CT molecular complexity index is 777. The molecule has 0 atom stereocenters. The van der Waals surface area contributed by atoms with Gasteiger partial charge in [-0.3, -0.25) is 9.59 Å². The van der Waals surface area contributed by atoms with Gasteiger partial charge in [0, 0.05) is 20.1 Å². The molecule has 0 radical (unpaired) electrons. The normalized spacial score (nSPS) is 10.4.